The first-order chi connectivity index (χ1) is 11.5. The zero-order chi connectivity index (χ0) is 17.4. The molecule has 1 saturated heterocycles. The number of ether oxygens (including phenoxy) is 2. The first-order valence-corrected chi connectivity index (χ1v) is 7.05. The maximum Gasteiger partial charge on any atom is 0.492 e. The third-order valence-electron chi connectivity index (χ3n) is 3.83. The largest absolute Gasteiger partial charge is 0.492 e. The van der Waals surface area contributed by atoms with Crippen molar-refractivity contribution in [1.82, 2.24) is 14.5 Å². The summed E-state index contributed by atoms with van der Waals surface area (Å²) in [4.78, 5) is 19.6. The lowest BCUT2D eigenvalue weighted by Crippen LogP contribution is -2.47. The van der Waals surface area contributed by atoms with E-state index in [1.54, 1.807) is 0 Å². The van der Waals surface area contributed by atoms with Crippen molar-refractivity contribution < 1.29 is 34.1 Å². The Kier molecular flexibility index (Phi) is 4.36. The number of anilines is 1. The van der Waals surface area contributed by atoms with Gasteiger partial charge in [-0.05, 0) is 0 Å². The van der Waals surface area contributed by atoms with Gasteiger partial charge in [-0.25, -0.2) is 4.98 Å². The number of hydrogen-bond acceptors (Lipinski definition) is 9. The Morgan fingerprint density at radius 2 is 2.25 bits per heavy atom. The predicted octanol–water partition coefficient (Wildman–Crippen LogP) is -2.85. The normalized spacial score (nSPS) is 26.7. The number of rotatable bonds is 4. The molecule has 5 N–H and O–H groups in total. The Morgan fingerprint density at radius 1 is 1.50 bits per heavy atom. The van der Waals surface area contributed by atoms with E-state index < -0.39 is 37.0 Å². The molecule has 0 spiro atoms. The van der Waals surface area contributed by atoms with E-state index in [1.807, 2.05) is 0 Å². The third kappa shape index (κ3) is 2.58. The van der Waals surface area contributed by atoms with Crippen molar-refractivity contribution in [3.8, 4) is 0 Å². The van der Waals surface area contributed by atoms with Gasteiger partial charge in [-0.2, -0.15) is 0 Å². The zero-order valence-corrected chi connectivity index (χ0v) is 12.7. The molecule has 3 rings (SSSR count). The van der Waals surface area contributed by atoms with Gasteiger partial charge in [0.1, 0.15) is 24.6 Å². The average Bonchev–Trinajstić information content (AvgIpc) is 3.12. The Balaban J connectivity index is 1.97. The molecular formula is C12H16BN5O6+. The standard InChI is InChI=1S/C12H16BN5O6/c1-23-12(22)13-18-4-16-10-6(9(18)14)15-3-17(10)11-8(21)7(20)5(2-19)24-11/h3-5,7-8,11,19-21H,2H2,1H3,(H2,14,16)/q+1/t5-,7-,8+,11-/m1/s1. The first kappa shape index (κ1) is 16.6. The number of methoxy groups -OCH3 is 1. The minimum absolute atomic E-state index is 0.135. The minimum Gasteiger partial charge on any atom is -0.474 e. The Bertz CT molecular complexity index is 770. The number of aromatic nitrogens is 4. The van der Waals surface area contributed by atoms with Crippen LogP contribution < -0.4 is 10.2 Å². The van der Waals surface area contributed by atoms with Crippen molar-refractivity contribution in [2.45, 2.75) is 24.5 Å². The number of aliphatic hydroxyl groups excluding tert-OH is 3. The van der Waals surface area contributed by atoms with E-state index in [0.29, 0.717) is 0 Å². The van der Waals surface area contributed by atoms with Crippen molar-refractivity contribution in [2.24, 2.45) is 0 Å². The molecule has 0 aromatic carbocycles. The smallest absolute Gasteiger partial charge is 0.474 e. The highest BCUT2D eigenvalue weighted by Crippen LogP contribution is 2.31. The molecule has 2 aromatic rings. The topological polar surface area (TPSA) is 157 Å². The van der Waals surface area contributed by atoms with Crippen LogP contribution in [0.5, 0.6) is 0 Å². The summed E-state index contributed by atoms with van der Waals surface area (Å²) < 4.78 is 12.6. The molecule has 11 nitrogen and oxygen atoms in total. The van der Waals surface area contributed by atoms with Gasteiger partial charge in [0.15, 0.2) is 11.7 Å². The SMILES string of the molecule is COC(=O)[B][n+]1cnc2c(ncn2[C@@H]2O[C@H](CO)[C@@H](O)[C@@H]2O)c1N. The van der Waals surface area contributed by atoms with Crippen molar-refractivity contribution in [3.63, 3.8) is 0 Å². The highest BCUT2D eigenvalue weighted by Gasteiger charge is 2.44. The van der Waals surface area contributed by atoms with Gasteiger partial charge in [0.05, 0.1) is 13.7 Å². The zero-order valence-electron chi connectivity index (χ0n) is 12.7. The summed E-state index contributed by atoms with van der Waals surface area (Å²) in [7, 11) is 2.34. The number of nitrogen functional groups attached to an aromatic ring is 1. The van der Waals surface area contributed by atoms with Gasteiger partial charge in [-0.15, -0.1) is 0 Å². The number of imidazole rings is 1. The van der Waals surface area contributed by atoms with Crippen LogP contribution in [-0.2, 0) is 9.47 Å². The monoisotopic (exact) mass is 337 g/mol. The molecule has 3 heterocycles. The lowest BCUT2D eigenvalue weighted by atomic mass is 9.95. The van der Waals surface area contributed by atoms with Gasteiger partial charge in [-0.1, -0.05) is 4.98 Å². The number of nitrogens with zero attached hydrogens (tertiary/aromatic N) is 4. The highest BCUT2D eigenvalue weighted by atomic mass is 16.6. The minimum atomic E-state index is -1.27. The second kappa shape index (κ2) is 6.32. The van der Waals surface area contributed by atoms with E-state index in [9.17, 15) is 15.0 Å². The maximum atomic E-state index is 11.3. The molecule has 24 heavy (non-hydrogen) atoms. The number of carbonyl (C=O) groups excluding carboxylic acids is 1. The molecule has 0 aliphatic carbocycles. The van der Waals surface area contributed by atoms with Crippen LogP contribution in [0.15, 0.2) is 12.7 Å². The number of fused-ring (bicyclic) bond motifs is 1. The number of hydrogen-bond donors (Lipinski definition) is 4. The number of aliphatic hydroxyl groups is 3. The molecule has 0 bridgehead atoms. The highest BCUT2D eigenvalue weighted by molar-refractivity contribution is 6.65. The molecule has 0 amide bonds. The average molecular weight is 337 g/mol. The lowest BCUT2D eigenvalue weighted by molar-refractivity contribution is -0.513. The van der Waals surface area contributed by atoms with Crippen LogP contribution in [0.25, 0.3) is 11.2 Å². The molecule has 12 heteroatoms. The van der Waals surface area contributed by atoms with Crippen LogP contribution in [0.1, 0.15) is 6.23 Å². The van der Waals surface area contributed by atoms with Crippen LogP contribution in [0.4, 0.5) is 10.6 Å². The van der Waals surface area contributed by atoms with E-state index in [4.69, 9.17) is 15.6 Å². The molecule has 4 atom stereocenters. The van der Waals surface area contributed by atoms with Gasteiger partial charge in [0, 0.05) is 0 Å². The van der Waals surface area contributed by atoms with Crippen LogP contribution in [0, 0.1) is 0 Å². The molecular weight excluding hydrogens is 321 g/mol. The second-order valence-electron chi connectivity index (χ2n) is 5.24. The lowest BCUT2D eigenvalue weighted by Gasteiger charge is -2.15. The van der Waals surface area contributed by atoms with Crippen LogP contribution in [0.2, 0.25) is 0 Å². The molecule has 1 aliphatic rings. The summed E-state index contributed by atoms with van der Waals surface area (Å²) in [5.41, 5.74) is 6.53. The van der Waals surface area contributed by atoms with Gasteiger partial charge in [-0.3, -0.25) is 13.8 Å². The van der Waals surface area contributed by atoms with Crippen molar-refractivity contribution in [1.29, 1.82) is 0 Å². The molecule has 1 aliphatic heterocycles. The fraction of sp³-hybridized carbons (Fsp3) is 0.500. The van der Waals surface area contributed by atoms with Crippen molar-refractivity contribution in [2.75, 3.05) is 19.5 Å². The number of carbonyl (C=O) groups is 1. The first-order valence-electron chi connectivity index (χ1n) is 7.05. The Morgan fingerprint density at radius 3 is 2.88 bits per heavy atom. The van der Waals surface area contributed by atoms with E-state index >= 15 is 0 Å². The van der Waals surface area contributed by atoms with Crippen LogP contribution in [-0.4, -0.2) is 75.2 Å². The summed E-state index contributed by atoms with van der Waals surface area (Å²) in [6, 6.07) is 0. The van der Waals surface area contributed by atoms with Crippen LogP contribution >= 0.6 is 0 Å². The van der Waals surface area contributed by atoms with E-state index in [-0.39, 0.29) is 17.0 Å². The van der Waals surface area contributed by atoms with Gasteiger partial charge < -0.3 is 30.5 Å². The summed E-state index contributed by atoms with van der Waals surface area (Å²) in [6.07, 6.45) is -1.77. The van der Waals surface area contributed by atoms with Gasteiger partial charge >= 0.3 is 7.41 Å². The summed E-state index contributed by atoms with van der Waals surface area (Å²) in [5.74, 6) is -0.480. The molecule has 1 fully saturated rings. The molecule has 2 aromatic heterocycles. The quantitative estimate of drug-likeness (QED) is 0.431. The predicted molar refractivity (Wildman–Crippen MR) is 78.7 cm³/mol. The summed E-state index contributed by atoms with van der Waals surface area (Å²) >= 11 is 0. The van der Waals surface area contributed by atoms with E-state index in [1.165, 1.54) is 28.8 Å². The second-order valence-corrected chi connectivity index (χ2v) is 5.24. The Labute approximate surface area is 136 Å². The summed E-state index contributed by atoms with van der Waals surface area (Å²) in [5, 5.41) is 29.1. The molecule has 0 unspecified atom stereocenters. The molecule has 127 valence electrons. The van der Waals surface area contributed by atoms with Gasteiger partial charge in [0.25, 0.3) is 5.87 Å². The van der Waals surface area contributed by atoms with Crippen molar-refractivity contribution in [3.05, 3.63) is 12.7 Å². The van der Waals surface area contributed by atoms with Crippen molar-refractivity contribution >= 4 is 30.3 Å². The fourth-order valence-corrected chi connectivity index (χ4v) is 2.53. The maximum absolute atomic E-state index is 11.3. The molecule has 0 saturated carbocycles. The van der Waals surface area contributed by atoms with E-state index in [2.05, 4.69) is 14.7 Å². The third-order valence-corrected chi connectivity index (χ3v) is 3.83. The Hall–Kier alpha value is -2.28. The van der Waals surface area contributed by atoms with Crippen LogP contribution in [0.3, 0.4) is 0 Å². The number of nitrogens with two attached hydrogens (primary N) is 1. The van der Waals surface area contributed by atoms with Gasteiger partial charge in [0.2, 0.25) is 17.8 Å². The van der Waals surface area contributed by atoms with E-state index in [0.717, 1.165) is 7.41 Å². The molecule has 1 radical (unpaired) electrons. The fourth-order valence-electron chi connectivity index (χ4n) is 2.53. The summed E-state index contributed by atoms with van der Waals surface area (Å²) in [6.45, 7) is -0.439.